The number of nitrogens with one attached hydrogen (secondary N) is 1. The number of hydrogen-bond acceptors (Lipinski definition) is 4. The molecule has 0 atom stereocenters. The maximum atomic E-state index is 12.9. The lowest BCUT2D eigenvalue weighted by atomic mass is 9.78. The van der Waals surface area contributed by atoms with Crippen LogP contribution in [0.25, 0.3) is 0 Å². The fraction of sp³-hybridized carbons (Fsp3) is 0.429. The predicted molar refractivity (Wildman–Crippen MR) is 100 cm³/mol. The van der Waals surface area contributed by atoms with E-state index >= 15 is 0 Å². The van der Waals surface area contributed by atoms with Crippen molar-refractivity contribution in [3.63, 3.8) is 0 Å². The van der Waals surface area contributed by atoms with Crippen molar-refractivity contribution in [3.05, 3.63) is 59.9 Å². The van der Waals surface area contributed by atoms with Gasteiger partial charge in [0.2, 0.25) is 0 Å². The summed E-state index contributed by atoms with van der Waals surface area (Å²) in [4.78, 5) is 19.0. The molecular formula is C21H25N3O2. The number of carbonyl (C=O) groups excluding carboxylic acids is 1. The van der Waals surface area contributed by atoms with Crippen LogP contribution in [0.5, 0.6) is 5.75 Å². The van der Waals surface area contributed by atoms with Crippen LogP contribution in [0, 0.1) is 5.41 Å². The number of carbonyl (C=O) groups is 1. The molecule has 5 heteroatoms. The number of rotatable bonds is 4. The van der Waals surface area contributed by atoms with E-state index in [1.807, 2.05) is 41.3 Å². The summed E-state index contributed by atoms with van der Waals surface area (Å²) < 4.78 is 5.83. The third kappa shape index (κ3) is 3.73. The van der Waals surface area contributed by atoms with E-state index in [2.05, 4.69) is 10.3 Å². The van der Waals surface area contributed by atoms with E-state index < -0.39 is 0 Å². The zero-order valence-electron chi connectivity index (χ0n) is 15.0. The molecule has 2 fully saturated rings. The lowest BCUT2D eigenvalue weighted by Gasteiger charge is -2.38. The number of nitrogens with zero attached hydrogens (tertiary/aromatic N) is 2. The van der Waals surface area contributed by atoms with Gasteiger partial charge in [0, 0.05) is 43.2 Å². The molecule has 1 amide bonds. The summed E-state index contributed by atoms with van der Waals surface area (Å²) in [6.07, 6.45) is 6.97. The van der Waals surface area contributed by atoms with Crippen molar-refractivity contribution in [3.8, 4) is 5.75 Å². The van der Waals surface area contributed by atoms with Crippen LogP contribution in [-0.4, -0.2) is 42.0 Å². The van der Waals surface area contributed by atoms with Gasteiger partial charge in [0.1, 0.15) is 12.4 Å². The number of piperidine rings is 1. The average Bonchev–Trinajstić information content (AvgIpc) is 3.15. The Kier molecular flexibility index (Phi) is 4.89. The van der Waals surface area contributed by atoms with Gasteiger partial charge in [-0.25, -0.2) is 0 Å². The summed E-state index contributed by atoms with van der Waals surface area (Å²) in [7, 11) is 0. The van der Waals surface area contributed by atoms with Crippen molar-refractivity contribution in [1.29, 1.82) is 0 Å². The first-order chi connectivity index (χ1) is 12.7. The highest BCUT2D eigenvalue weighted by Gasteiger charge is 2.38. The third-order valence-corrected chi connectivity index (χ3v) is 5.65. The summed E-state index contributed by atoms with van der Waals surface area (Å²) in [5, 5.41) is 3.47. The molecule has 2 aliphatic rings. The molecular weight excluding hydrogens is 326 g/mol. The highest BCUT2D eigenvalue weighted by molar-refractivity contribution is 5.94. The van der Waals surface area contributed by atoms with Crippen LogP contribution in [0.3, 0.4) is 0 Å². The zero-order chi connectivity index (χ0) is 17.8. The molecule has 26 heavy (non-hydrogen) atoms. The quantitative estimate of drug-likeness (QED) is 0.920. The van der Waals surface area contributed by atoms with Gasteiger partial charge in [-0.1, -0.05) is 12.1 Å². The van der Waals surface area contributed by atoms with Crippen LogP contribution in [0.1, 0.15) is 35.2 Å². The van der Waals surface area contributed by atoms with Gasteiger partial charge in [-0.05, 0) is 55.5 Å². The first-order valence-corrected chi connectivity index (χ1v) is 9.36. The Labute approximate surface area is 154 Å². The summed E-state index contributed by atoms with van der Waals surface area (Å²) in [6, 6.07) is 11.4. The Morgan fingerprint density at radius 3 is 2.81 bits per heavy atom. The summed E-state index contributed by atoms with van der Waals surface area (Å²) in [5.74, 6) is 0.825. The van der Waals surface area contributed by atoms with Gasteiger partial charge in [0.25, 0.3) is 5.91 Å². The van der Waals surface area contributed by atoms with E-state index in [0.717, 1.165) is 44.6 Å². The third-order valence-electron chi connectivity index (χ3n) is 5.65. The molecule has 1 spiro atoms. The van der Waals surface area contributed by atoms with E-state index in [1.165, 1.54) is 6.42 Å². The van der Waals surface area contributed by atoms with Crippen molar-refractivity contribution in [1.82, 2.24) is 15.2 Å². The van der Waals surface area contributed by atoms with Crippen LogP contribution in [0.2, 0.25) is 0 Å². The second-order valence-electron chi connectivity index (χ2n) is 7.40. The van der Waals surface area contributed by atoms with Crippen LogP contribution in [-0.2, 0) is 6.61 Å². The molecule has 2 saturated heterocycles. The lowest BCUT2D eigenvalue weighted by Crippen LogP contribution is -2.44. The standard InChI is InChI=1S/C21H25N3O2/c25-20(24-11-7-21(8-12-24)6-10-23-16-21)18-4-1-5-19(13-18)26-15-17-3-2-9-22-14-17/h1-5,9,13-14,23H,6-8,10-12,15-16H2. The molecule has 136 valence electrons. The van der Waals surface area contributed by atoms with Crippen molar-refractivity contribution in [2.75, 3.05) is 26.2 Å². The Bertz CT molecular complexity index is 747. The molecule has 2 aliphatic heterocycles. The number of likely N-dealkylation sites (tertiary alicyclic amines) is 1. The SMILES string of the molecule is O=C(c1cccc(OCc2cccnc2)c1)N1CCC2(CCNC2)CC1. The van der Waals surface area contributed by atoms with E-state index in [-0.39, 0.29) is 5.91 Å². The Hall–Kier alpha value is -2.40. The molecule has 0 saturated carbocycles. The van der Waals surface area contributed by atoms with Gasteiger partial charge in [0.15, 0.2) is 0 Å². The minimum atomic E-state index is 0.109. The molecule has 0 unspecified atom stereocenters. The van der Waals surface area contributed by atoms with Crippen LogP contribution >= 0.6 is 0 Å². The molecule has 3 heterocycles. The normalized spacial score (nSPS) is 18.8. The maximum Gasteiger partial charge on any atom is 0.253 e. The Balaban J connectivity index is 1.37. The van der Waals surface area contributed by atoms with E-state index in [4.69, 9.17) is 4.74 Å². The van der Waals surface area contributed by atoms with Gasteiger partial charge >= 0.3 is 0 Å². The fourth-order valence-corrected chi connectivity index (χ4v) is 3.96. The number of pyridine rings is 1. The first-order valence-electron chi connectivity index (χ1n) is 9.36. The highest BCUT2D eigenvalue weighted by atomic mass is 16.5. The molecule has 4 rings (SSSR count). The van der Waals surface area contributed by atoms with Crippen molar-refractivity contribution in [2.45, 2.75) is 25.9 Å². The van der Waals surface area contributed by atoms with Gasteiger partial charge in [-0.2, -0.15) is 0 Å². The smallest absolute Gasteiger partial charge is 0.253 e. The van der Waals surface area contributed by atoms with Gasteiger partial charge in [-0.15, -0.1) is 0 Å². The number of ether oxygens (including phenoxy) is 1. The summed E-state index contributed by atoms with van der Waals surface area (Å²) >= 11 is 0. The zero-order valence-corrected chi connectivity index (χ0v) is 15.0. The van der Waals surface area contributed by atoms with Crippen LogP contribution in [0.4, 0.5) is 0 Å². The predicted octanol–water partition coefficient (Wildman–Crippen LogP) is 2.88. The van der Waals surface area contributed by atoms with Crippen LogP contribution in [0.15, 0.2) is 48.8 Å². The Morgan fingerprint density at radius 2 is 2.08 bits per heavy atom. The fourth-order valence-electron chi connectivity index (χ4n) is 3.96. The maximum absolute atomic E-state index is 12.9. The first kappa shape index (κ1) is 17.0. The second-order valence-corrected chi connectivity index (χ2v) is 7.40. The van der Waals surface area contributed by atoms with Gasteiger partial charge in [-0.3, -0.25) is 9.78 Å². The van der Waals surface area contributed by atoms with Crippen molar-refractivity contribution < 1.29 is 9.53 Å². The van der Waals surface area contributed by atoms with Crippen LogP contribution < -0.4 is 10.1 Å². The minimum Gasteiger partial charge on any atom is -0.489 e. The molecule has 5 nitrogen and oxygen atoms in total. The summed E-state index contributed by atoms with van der Waals surface area (Å²) in [6.45, 7) is 4.37. The van der Waals surface area contributed by atoms with Gasteiger partial charge < -0.3 is 15.0 Å². The Morgan fingerprint density at radius 1 is 1.19 bits per heavy atom. The van der Waals surface area contributed by atoms with E-state index in [0.29, 0.717) is 23.3 Å². The number of amides is 1. The monoisotopic (exact) mass is 351 g/mol. The van der Waals surface area contributed by atoms with E-state index in [1.54, 1.807) is 12.4 Å². The number of benzene rings is 1. The second kappa shape index (κ2) is 7.46. The molecule has 1 aromatic heterocycles. The summed E-state index contributed by atoms with van der Waals surface area (Å²) in [5.41, 5.74) is 2.13. The largest absolute Gasteiger partial charge is 0.489 e. The molecule has 0 aliphatic carbocycles. The number of aromatic nitrogens is 1. The van der Waals surface area contributed by atoms with Crippen molar-refractivity contribution in [2.24, 2.45) is 5.41 Å². The topological polar surface area (TPSA) is 54.5 Å². The highest BCUT2D eigenvalue weighted by Crippen LogP contribution is 2.37. The van der Waals surface area contributed by atoms with Crippen molar-refractivity contribution >= 4 is 5.91 Å². The molecule has 2 aromatic rings. The molecule has 0 bridgehead atoms. The van der Waals surface area contributed by atoms with E-state index in [9.17, 15) is 4.79 Å². The number of hydrogen-bond donors (Lipinski definition) is 1. The molecule has 1 N–H and O–H groups in total. The lowest BCUT2D eigenvalue weighted by molar-refractivity contribution is 0.0607. The molecule has 1 aromatic carbocycles. The average molecular weight is 351 g/mol. The molecule has 0 radical (unpaired) electrons. The minimum absolute atomic E-state index is 0.109. The van der Waals surface area contributed by atoms with Gasteiger partial charge in [0.05, 0.1) is 0 Å².